The standard InChI is InChI=1S/C11H18N2O/c1-9(2)11-12-4-5-13(11)7-10-3-6-14-8-10/h4-5,9-10H,3,6-8H2,1-2H3. The first-order chi connectivity index (χ1) is 6.77. The van der Waals surface area contributed by atoms with Crippen molar-refractivity contribution in [3.05, 3.63) is 18.2 Å². The molecule has 78 valence electrons. The van der Waals surface area contributed by atoms with Crippen molar-refractivity contribution in [2.75, 3.05) is 13.2 Å². The van der Waals surface area contributed by atoms with Gasteiger partial charge in [-0.05, 0) is 6.42 Å². The monoisotopic (exact) mass is 194 g/mol. The molecule has 1 aromatic rings. The minimum atomic E-state index is 0.507. The number of hydrogen-bond acceptors (Lipinski definition) is 2. The van der Waals surface area contributed by atoms with Crippen molar-refractivity contribution in [2.24, 2.45) is 5.92 Å². The summed E-state index contributed by atoms with van der Waals surface area (Å²) in [6, 6.07) is 0. The molecule has 0 aromatic carbocycles. The Labute approximate surface area is 85.1 Å². The number of aromatic nitrogens is 2. The third-order valence-corrected chi connectivity index (χ3v) is 2.74. The number of nitrogens with zero attached hydrogens (tertiary/aromatic N) is 2. The van der Waals surface area contributed by atoms with Gasteiger partial charge in [0.2, 0.25) is 0 Å². The van der Waals surface area contributed by atoms with Gasteiger partial charge >= 0.3 is 0 Å². The Hall–Kier alpha value is -0.830. The van der Waals surface area contributed by atoms with Crippen LogP contribution >= 0.6 is 0 Å². The number of imidazole rings is 1. The van der Waals surface area contributed by atoms with Crippen LogP contribution < -0.4 is 0 Å². The zero-order valence-corrected chi connectivity index (χ0v) is 8.94. The average molecular weight is 194 g/mol. The van der Waals surface area contributed by atoms with Gasteiger partial charge in [-0.15, -0.1) is 0 Å². The van der Waals surface area contributed by atoms with Gasteiger partial charge in [0.05, 0.1) is 6.61 Å². The van der Waals surface area contributed by atoms with Gasteiger partial charge in [-0.2, -0.15) is 0 Å². The maximum Gasteiger partial charge on any atom is 0.111 e. The minimum Gasteiger partial charge on any atom is -0.381 e. The van der Waals surface area contributed by atoms with Crippen LogP contribution in [0.5, 0.6) is 0 Å². The van der Waals surface area contributed by atoms with E-state index in [9.17, 15) is 0 Å². The Balaban J connectivity index is 2.04. The van der Waals surface area contributed by atoms with Crippen molar-refractivity contribution in [3.8, 4) is 0 Å². The molecule has 0 saturated carbocycles. The summed E-state index contributed by atoms with van der Waals surface area (Å²) < 4.78 is 7.64. The smallest absolute Gasteiger partial charge is 0.111 e. The molecule has 1 aliphatic heterocycles. The third kappa shape index (κ3) is 1.98. The molecule has 2 rings (SSSR count). The molecule has 1 atom stereocenters. The molecule has 0 aliphatic carbocycles. The van der Waals surface area contributed by atoms with Crippen LogP contribution in [-0.2, 0) is 11.3 Å². The van der Waals surface area contributed by atoms with Gasteiger partial charge in [-0.1, -0.05) is 13.8 Å². The molecule has 1 fully saturated rings. The van der Waals surface area contributed by atoms with Gasteiger partial charge in [0.25, 0.3) is 0 Å². The molecule has 3 nitrogen and oxygen atoms in total. The highest BCUT2D eigenvalue weighted by Gasteiger charge is 2.17. The van der Waals surface area contributed by atoms with E-state index in [0.29, 0.717) is 11.8 Å². The van der Waals surface area contributed by atoms with E-state index in [1.54, 1.807) is 0 Å². The molecular weight excluding hydrogens is 176 g/mol. The van der Waals surface area contributed by atoms with Crippen molar-refractivity contribution in [1.82, 2.24) is 9.55 Å². The molecule has 3 heteroatoms. The summed E-state index contributed by atoms with van der Waals surface area (Å²) in [4.78, 5) is 4.38. The Kier molecular flexibility index (Phi) is 2.87. The first-order valence-corrected chi connectivity index (χ1v) is 5.36. The summed E-state index contributed by atoms with van der Waals surface area (Å²) in [5, 5.41) is 0. The number of hydrogen-bond donors (Lipinski definition) is 0. The van der Waals surface area contributed by atoms with Crippen LogP contribution in [0, 0.1) is 5.92 Å². The molecule has 0 spiro atoms. The molecule has 0 N–H and O–H groups in total. The molecule has 0 radical (unpaired) electrons. The van der Waals surface area contributed by atoms with E-state index in [1.165, 1.54) is 12.2 Å². The molecular formula is C11H18N2O. The van der Waals surface area contributed by atoms with E-state index in [2.05, 4.69) is 29.6 Å². The molecule has 14 heavy (non-hydrogen) atoms. The Morgan fingerprint density at radius 1 is 1.64 bits per heavy atom. The lowest BCUT2D eigenvalue weighted by molar-refractivity contribution is 0.182. The van der Waals surface area contributed by atoms with E-state index in [0.717, 1.165) is 19.8 Å². The van der Waals surface area contributed by atoms with Gasteiger partial charge < -0.3 is 9.30 Å². The maximum absolute atomic E-state index is 5.37. The molecule has 1 aromatic heterocycles. The summed E-state index contributed by atoms with van der Waals surface area (Å²) in [6.07, 6.45) is 5.16. The SMILES string of the molecule is CC(C)c1nccn1CC1CCOC1. The minimum absolute atomic E-state index is 0.507. The van der Waals surface area contributed by atoms with Crippen molar-refractivity contribution in [1.29, 1.82) is 0 Å². The van der Waals surface area contributed by atoms with E-state index in [1.807, 2.05) is 6.20 Å². The Morgan fingerprint density at radius 2 is 2.50 bits per heavy atom. The summed E-state index contributed by atoms with van der Waals surface area (Å²) in [5.74, 6) is 2.38. The molecule has 1 unspecified atom stereocenters. The van der Waals surface area contributed by atoms with E-state index in [4.69, 9.17) is 4.74 Å². The second-order valence-corrected chi connectivity index (χ2v) is 4.32. The first-order valence-electron chi connectivity index (χ1n) is 5.36. The highest BCUT2D eigenvalue weighted by atomic mass is 16.5. The van der Waals surface area contributed by atoms with Crippen LogP contribution in [0.3, 0.4) is 0 Å². The fourth-order valence-corrected chi connectivity index (χ4v) is 1.98. The van der Waals surface area contributed by atoms with Crippen molar-refractivity contribution < 1.29 is 4.74 Å². The molecule has 1 saturated heterocycles. The Morgan fingerprint density at radius 3 is 3.14 bits per heavy atom. The van der Waals surface area contributed by atoms with E-state index in [-0.39, 0.29) is 0 Å². The second-order valence-electron chi connectivity index (χ2n) is 4.32. The molecule has 0 amide bonds. The number of ether oxygens (including phenoxy) is 1. The molecule has 1 aliphatic rings. The van der Waals surface area contributed by atoms with Crippen LogP contribution in [0.25, 0.3) is 0 Å². The summed E-state index contributed by atoms with van der Waals surface area (Å²) in [5.41, 5.74) is 0. The van der Waals surface area contributed by atoms with Crippen molar-refractivity contribution in [2.45, 2.75) is 32.7 Å². The van der Waals surface area contributed by atoms with Gasteiger partial charge in [0, 0.05) is 37.4 Å². The quantitative estimate of drug-likeness (QED) is 0.736. The van der Waals surface area contributed by atoms with Gasteiger partial charge in [0.1, 0.15) is 5.82 Å². The zero-order chi connectivity index (χ0) is 9.97. The summed E-state index contributed by atoms with van der Waals surface area (Å²) in [7, 11) is 0. The molecule has 2 heterocycles. The summed E-state index contributed by atoms with van der Waals surface area (Å²) >= 11 is 0. The lowest BCUT2D eigenvalue weighted by Crippen LogP contribution is -2.13. The van der Waals surface area contributed by atoms with Crippen molar-refractivity contribution in [3.63, 3.8) is 0 Å². The highest BCUT2D eigenvalue weighted by Crippen LogP contribution is 2.18. The van der Waals surface area contributed by atoms with Crippen LogP contribution in [-0.4, -0.2) is 22.8 Å². The number of rotatable bonds is 3. The average Bonchev–Trinajstić information content (AvgIpc) is 2.75. The van der Waals surface area contributed by atoms with E-state index >= 15 is 0 Å². The van der Waals surface area contributed by atoms with Gasteiger partial charge in [0.15, 0.2) is 0 Å². The first kappa shape index (κ1) is 9.71. The lowest BCUT2D eigenvalue weighted by atomic mass is 10.1. The predicted molar refractivity (Wildman–Crippen MR) is 55.2 cm³/mol. The molecule has 0 bridgehead atoms. The predicted octanol–water partition coefficient (Wildman–Crippen LogP) is 2.04. The second kappa shape index (κ2) is 4.13. The zero-order valence-electron chi connectivity index (χ0n) is 8.94. The van der Waals surface area contributed by atoms with Gasteiger partial charge in [-0.25, -0.2) is 4.98 Å². The largest absolute Gasteiger partial charge is 0.381 e. The van der Waals surface area contributed by atoms with Gasteiger partial charge in [-0.3, -0.25) is 0 Å². The third-order valence-electron chi connectivity index (χ3n) is 2.74. The Bertz CT molecular complexity index is 287. The topological polar surface area (TPSA) is 27.1 Å². The maximum atomic E-state index is 5.37. The normalized spacial score (nSPS) is 22.1. The fraction of sp³-hybridized carbons (Fsp3) is 0.727. The van der Waals surface area contributed by atoms with Crippen LogP contribution in [0.1, 0.15) is 32.0 Å². The van der Waals surface area contributed by atoms with Crippen LogP contribution in [0.15, 0.2) is 12.4 Å². The van der Waals surface area contributed by atoms with Crippen LogP contribution in [0.2, 0.25) is 0 Å². The summed E-state index contributed by atoms with van der Waals surface area (Å²) in [6.45, 7) is 7.27. The highest BCUT2D eigenvalue weighted by molar-refractivity contribution is 4.97. The van der Waals surface area contributed by atoms with E-state index < -0.39 is 0 Å². The van der Waals surface area contributed by atoms with Crippen molar-refractivity contribution >= 4 is 0 Å². The fourth-order valence-electron chi connectivity index (χ4n) is 1.98. The van der Waals surface area contributed by atoms with Crippen LogP contribution in [0.4, 0.5) is 0 Å². The lowest BCUT2D eigenvalue weighted by Gasteiger charge is -2.13.